The first-order chi connectivity index (χ1) is 9.85. The standard InChI is InChI=1S/C14H22ClN3O2S/c1-10(18(2)12-3-4-12)9-17-21(19,20)13-5-6-14(15)11(7-13)8-16/h5-7,10,12,17H,3-4,8-9,16H2,1-2H3. The van der Waals surface area contributed by atoms with Crippen molar-refractivity contribution in [3.05, 3.63) is 28.8 Å². The van der Waals surface area contributed by atoms with Gasteiger partial charge in [0.2, 0.25) is 10.0 Å². The Morgan fingerprint density at radius 2 is 2.14 bits per heavy atom. The van der Waals surface area contributed by atoms with E-state index in [4.69, 9.17) is 17.3 Å². The molecule has 1 aliphatic carbocycles. The van der Waals surface area contributed by atoms with Crippen LogP contribution in [-0.2, 0) is 16.6 Å². The first kappa shape index (κ1) is 16.7. The molecule has 0 heterocycles. The molecule has 0 saturated heterocycles. The third kappa shape index (κ3) is 4.17. The Kier molecular flexibility index (Phi) is 5.27. The fourth-order valence-corrected chi connectivity index (χ4v) is 3.54. The molecule has 21 heavy (non-hydrogen) atoms. The van der Waals surface area contributed by atoms with Gasteiger partial charge in [-0.25, -0.2) is 13.1 Å². The lowest BCUT2D eigenvalue weighted by molar-refractivity contribution is 0.248. The zero-order valence-electron chi connectivity index (χ0n) is 12.3. The smallest absolute Gasteiger partial charge is 0.240 e. The monoisotopic (exact) mass is 331 g/mol. The number of benzene rings is 1. The van der Waals surface area contributed by atoms with Crippen molar-refractivity contribution in [2.75, 3.05) is 13.6 Å². The Labute approximate surface area is 131 Å². The molecule has 0 aliphatic heterocycles. The molecule has 1 atom stereocenters. The molecular formula is C14H22ClN3O2S. The van der Waals surface area contributed by atoms with Gasteiger partial charge in [0.1, 0.15) is 0 Å². The number of likely N-dealkylation sites (N-methyl/N-ethyl adjacent to an activating group) is 1. The Hall–Kier alpha value is -0.660. The lowest BCUT2D eigenvalue weighted by Crippen LogP contribution is -2.41. The lowest BCUT2D eigenvalue weighted by Gasteiger charge is -2.24. The maximum absolute atomic E-state index is 12.3. The molecule has 0 amide bonds. The molecule has 0 radical (unpaired) electrons. The predicted molar refractivity (Wildman–Crippen MR) is 84.8 cm³/mol. The first-order valence-corrected chi connectivity index (χ1v) is 8.91. The van der Waals surface area contributed by atoms with Gasteiger partial charge in [0, 0.05) is 30.2 Å². The summed E-state index contributed by atoms with van der Waals surface area (Å²) in [6.07, 6.45) is 2.40. The van der Waals surface area contributed by atoms with E-state index in [1.165, 1.54) is 25.0 Å². The van der Waals surface area contributed by atoms with Crippen LogP contribution in [0.25, 0.3) is 0 Å². The number of nitrogens with two attached hydrogens (primary N) is 1. The van der Waals surface area contributed by atoms with Gasteiger partial charge in [0.15, 0.2) is 0 Å². The van der Waals surface area contributed by atoms with Crippen LogP contribution in [0.2, 0.25) is 5.02 Å². The van der Waals surface area contributed by atoms with Gasteiger partial charge in [-0.15, -0.1) is 0 Å². The second-order valence-electron chi connectivity index (χ2n) is 5.55. The summed E-state index contributed by atoms with van der Waals surface area (Å²) >= 11 is 5.96. The number of hydrogen-bond acceptors (Lipinski definition) is 4. The van der Waals surface area contributed by atoms with Crippen LogP contribution in [0.15, 0.2) is 23.1 Å². The fraction of sp³-hybridized carbons (Fsp3) is 0.571. The van der Waals surface area contributed by atoms with Crippen molar-refractivity contribution >= 4 is 21.6 Å². The third-order valence-corrected chi connectivity index (χ3v) is 5.72. The summed E-state index contributed by atoms with van der Waals surface area (Å²) in [4.78, 5) is 2.42. The lowest BCUT2D eigenvalue weighted by atomic mass is 10.2. The van der Waals surface area contributed by atoms with Gasteiger partial charge >= 0.3 is 0 Å². The van der Waals surface area contributed by atoms with Crippen LogP contribution in [0.3, 0.4) is 0 Å². The van der Waals surface area contributed by atoms with E-state index in [0.29, 0.717) is 23.2 Å². The van der Waals surface area contributed by atoms with Gasteiger partial charge in [-0.1, -0.05) is 11.6 Å². The molecule has 1 unspecified atom stereocenters. The van der Waals surface area contributed by atoms with Crippen molar-refractivity contribution in [2.45, 2.75) is 43.3 Å². The van der Waals surface area contributed by atoms with Crippen LogP contribution in [-0.4, -0.2) is 39.0 Å². The van der Waals surface area contributed by atoms with Crippen molar-refractivity contribution < 1.29 is 8.42 Å². The van der Waals surface area contributed by atoms with Crippen molar-refractivity contribution in [1.82, 2.24) is 9.62 Å². The van der Waals surface area contributed by atoms with Crippen LogP contribution in [0.5, 0.6) is 0 Å². The topological polar surface area (TPSA) is 75.4 Å². The van der Waals surface area contributed by atoms with Crippen molar-refractivity contribution in [3.63, 3.8) is 0 Å². The molecular weight excluding hydrogens is 310 g/mol. The molecule has 1 saturated carbocycles. The summed E-state index contributed by atoms with van der Waals surface area (Å²) < 4.78 is 27.3. The second kappa shape index (κ2) is 6.62. The summed E-state index contributed by atoms with van der Waals surface area (Å²) in [6, 6.07) is 5.36. The van der Waals surface area contributed by atoms with E-state index in [-0.39, 0.29) is 17.5 Å². The summed E-state index contributed by atoms with van der Waals surface area (Å²) in [5.41, 5.74) is 6.19. The van der Waals surface area contributed by atoms with Gasteiger partial charge in [0.25, 0.3) is 0 Å². The predicted octanol–water partition coefficient (Wildman–Crippen LogP) is 1.56. The summed E-state index contributed by atoms with van der Waals surface area (Å²) in [6.45, 7) is 2.62. The zero-order chi connectivity index (χ0) is 15.6. The van der Waals surface area contributed by atoms with E-state index < -0.39 is 10.0 Å². The van der Waals surface area contributed by atoms with E-state index >= 15 is 0 Å². The Morgan fingerprint density at radius 1 is 1.48 bits per heavy atom. The SMILES string of the molecule is CC(CNS(=O)(=O)c1ccc(Cl)c(CN)c1)N(C)C1CC1. The third-order valence-electron chi connectivity index (χ3n) is 3.93. The molecule has 2 rings (SSSR count). The molecule has 1 aromatic rings. The Morgan fingerprint density at radius 3 is 2.71 bits per heavy atom. The van der Waals surface area contributed by atoms with Crippen LogP contribution >= 0.6 is 11.6 Å². The number of rotatable bonds is 7. The molecule has 1 fully saturated rings. The summed E-state index contributed by atoms with van der Waals surface area (Å²) in [5, 5.41) is 0.485. The Balaban J connectivity index is 2.04. The maximum atomic E-state index is 12.3. The Bertz CT molecular complexity index is 602. The van der Waals surface area contributed by atoms with Crippen LogP contribution in [0, 0.1) is 0 Å². The summed E-state index contributed by atoms with van der Waals surface area (Å²) in [7, 11) is -1.50. The second-order valence-corrected chi connectivity index (χ2v) is 7.73. The van der Waals surface area contributed by atoms with Crippen molar-refractivity contribution in [3.8, 4) is 0 Å². The number of hydrogen-bond donors (Lipinski definition) is 2. The minimum Gasteiger partial charge on any atom is -0.326 e. The molecule has 3 N–H and O–H groups in total. The van der Waals surface area contributed by atoms with Crippen molar-refractivity contribution in [1.29, 1.82) is 0 Å². The normalized spacial score (nSPS) is 17.2. The fourth-order valence-electron chi connectivity index (χ4n) is 2.17. The minimum atomic E-state index is -3.53. The molecule has 7 heteroatoms. The number of nitrogens with one attached hydrogen (secondary N) is 1. The highest BCUT2D eigenvalue weighted by atomic mass is 35.5. The summed E-state index contributed by atoms with van der Waals surface area (Å²) in [5.74, 6) is 0. The molecule has 0 bridgehead atoms. The van der Waals surface area contributed by atoms with E-state index in [1.807, 2.05) is 14.0 Å². The van der Waals surface area contributed by atoms with Gasteiger partial charge in [0.05, 0.1) is 4.90 Å². The van der Waals surface area contributed by atoms with Crippen molar-refractivity contribution in [2.24, 2.45) is 5.73 Å². The molecule has 1 aromatic carbocycles. The number of sulfonamides is 1. The highest BCUT2D eigenvalue weighted by Crippen LogP contribution is 2.27. The van der Waals surface area contributed by atoms with Crippen LogP contribution in [0.4, 0.5) is 0 Å². The molecule has 5 nitrogen and oxygen atoms in total. The quantitative estimate of drug-likeness (QED) is 0.795. The van der Waals surface area contributed by atoms with E-state index in [2.05, 4.69) is 9.62 Å². The maximum Gasteiger partial charge on any atom is 0.240 e. The minimum absolute atomic E-state index is 0.161. The van der Waals surface area contributed by atoms with Crippen LogP contribution < -0.4 is 10.5 Å². The average Bonchev–Trinajstić information content (AvgIpc) is 3.29. The molecule has 0 aromatic heterocycles. The first-order valence-electron chi connectivity index (χ1n) is 7.05. The van der Waals surface area contributed by atoms with Gasteiger partial charge in [-0.2, -0.15) is 0 Å². The van der Waals surface area contributed by atoms with E-state index in [9.17, 15) is 8.42 Å². The highest BCUT2D eigenvalue weighted by molar-refractivity contribution is 7.89. The number of halogens is 1. The van der Waals surface area contributed by atoms with E-state index in [1.54, 1.807) is 6.07 Å². The largest absolute Gasteiger partial charge is 0.326 e. The molecule has 1 aliphatic rings. The molecule has 118 valence electrons. The molecule has 0 spiro atoms. The highest BCUT2D eigenvalue weighted by Gasteiger charge is 2.29. The van der Waals surface area contributed by atoms with Gasteiger partial charge in [-0.3, -0.25) is 4.90 Å². The van der Waals surface area contributed by atoms with Gasteiger partial charge < -0.3 is 5.73 Å². The zero-order valence-corrected chi connectivity index (χ0v) is 13.9. The number of nitrogens with zero attached hydrogens (tertiary/aromatic N) is 1. The van der Waals surface area contributed by atoms with Crippen LogP contribution in [0.1, 0.15) is 25.3 Å². The average molecular weight is 332 g/mol. The van der Waals surface area contributed by atoms with Gasteiger partial charge in [-0.05, 0) is 50.6 Å². The van der Waals surface area contributed by atoms with E-state index in [0.717, 1.165) is 0 Å².